The highest BCUT2D eigenvalue weighted by Crippen LogP contribution is 2.04. The van der Waals surface area contributed by atoms with Gasteiger partial charge in [-0.25, -0.2) is 9.98 Å². The van der Waals surface area contributed by atoms with Crippen molar-refractivity contribution in [1.29, 1.82) is 0 Å². The minimum absolute atomic E-state index is 0.00440. The normalized spacial score (nSPS) is 21.9. The standard InChI is InChI=1S/C9H16N2O2/c1-4-12-8-6-10-9(13-5-2)7(3)11-8/h7H,4-6H2,1-3H3. The van der Waals surface area contributed by atoms with Crippen LogP contribution in [0, 0.1) is 0 Å². The van der Waals surface area contributed by atoms with Gasteiger partial charge in [-0.1, -0.05) is 0 Å². The van der Waals surface area contributed by atoms with Crippen LogP contribution in [-0.2, 0) is 9.47 Å². The van der Waals surface area contributed by atoms with Gasteiger partial charge in [0.2, 0.25) is 11.8 Å². The van der Waals surface area contributed by atoms with Gasteiger partial charge in [0.05, 0.1) is 13.2 Å². The Hall–Kier alpha value is -1.06. The first-order valence-electron chi connectivity index (χ1n) is 4.64. The second-order valence-electron chi connectivity index (χ2n) is 2.72. The van der Waals surface area contributed by atoms with Crippen LogP contribution < -0.4 is 0 Å². The number of nitrogens with zero attached hydrogens (tertiary/aromatic N) is 2. The third kappa shape index (κ3) is 2.72. The van der Waals surface area contributed by atoms with Crippen LogP contribution in [0.15, 0.2) is 9.98 Å². The van der Waals surface area contributed by atoms with Crippen molar-refractivity contribution < 1.29 is 9.47 Å². The second-order valence-corrected chi connectivity index (χ2v) is 2.72. The molecule has 4 nitrogen and oxygen atoms in total. The van der Waals surface area contributed by atoms with Crippen molar-refractivity contribution in [3.8, 4) is 0 Å². The summed E-state index contributed by atoms with van der Waals surface area (Å²) < 4.78 is 10.6. The van der Waals surface area contributed by atoms with Crippen LogP contribution in [0.4, 0.5) is 0 Å². The first-order chi connectivity index (χ1) is 6.27. The molecular formula is C9H16N2O2. The van der Waals surface area contributed by atoms with Gasteiger partial charge in [-0.2, -0.15) is 0 Å². The van der Waals surface area contributed by atoms with Crippen molar-refractivity contribution in [1.82, 2.24) is 0 Å². The molecule has 0 fully saturated rings. The summed E-state index contributed by atoms with van der Waals surface area (Å²) >= 11 is 0. The number of rotatable bonds is 2. The van der Waals surface area contributed by atoms with Gasteiger partial charge < -0.3 is 9.47 Å². The van der Waals surface area contributed by atoms with Gasteiger partial charge in [0, 0.05) is 0 Å². The third-order valence-electron chi connectivity index (χ3n) is 1.67. The Morgan fingerprint density at radius 1 is 1.31 bits per heavy atom. The van der Waals surface area contributed by atoms with Crippen molar-refractivity contribution in [3.05, 3.63) is 0 Å². The molecule has 0 aromatic rings. The zero-order chi connectivity index (χ0) is 9.68. The van der Waals surface area contributed by atoms with Crippen molar-refractivity contribution in [2.24, 2.45) is 9.98 Å². The molecule has 1 unspecified atom stereocenters. The van der Waals surface area contributed by atoms with E-state index in [0.29, 0.717) is 31.6 Å². The molecule has 0 aliphatic carbocycles. The van der Waals surface area contributed by atoms with E-state index in [1.54, 1.807) is 0 Å². The Morgan fingerprint density at radius 3 is 2.54 bits per heavy atom. The highest BCUT2D eigenvalue weighted by atomic mass is 16.5. The van der Waals surface area contributed by atoms with Gasteiger partial charge in [0.15, 0.2) is 0 Å². The van der Waals surface area contributed by atoms with Crippen LogP contribution >= 0.6 is 0 Å². The predicted octanol–water partition coefficient (Wildman–Crippen LogP) is 1.26. The van der Waals surface area contributed by atoms with Crippen molar-refractivity contribution in [2.45, 2.75) is 26.8 Å². The molecule has 1 atom stereocenters. The maximum Gasteiger partial charge on any atom is 0.209 e. The summed E-state index contributed by atoms with van der Waals surface area (Å²) in [6.45, 7) is 7.62. The minimum atomic E-state index is -0.00440. The fraction of sp³-hybridized carbons (Fsp3) is 0.778. The highest BCUT2D eigenvalue weighted by Gasteiger charge is 2.17. The van der Waals surface area contributed by atoms with Crippen LogP contribution in [0.2, 0.25) is 0 Å². The largest absolute Gasteiger partial charge is 0.480 e. The van der Waals surface area contributed by atoms with Gasteiger partial charge >= 0.3 is 0 Å². The summed E-state index contributed by atoms with van der Waals surface area (Å²) in [4.78, 5) is 8.55. The summed E-state index contributed by atoms with van der Waals surface area (Å²) in [5.74, 6) is 1.42. The van der Waals surface area contributed by atoms with Crippen molar-refractivity contribution in [2.75, 3.05) is 19.8 Å². The molecule has 0 N–H and O–H groups in total. The van der Waals surface area contributed by atoms with Crippen LogP contribution in [0.25, 0.3) is 0 Å². The average Bonchev–Trinajstić information content (AvgIpc) is 2.10. The average molecular weight is 184 g/mol. The molecule has 0 saturated carbocycles. The minimum Gasteiger partial charge on any atom is -0.480 e. The van der Waals surface area contributed by atoms with Gasteiger partial charge in [-0.15, -0.1) is 0 Å². The summed E-state index contributed by atoms with van der Waals surface area (Å²) in [6.07, 6.45) is 0. The van der Waals surface area contributed by atoms with E-state index in [9.17, 15) is 0 Å². The van der Waals surface area contributed by atoms with Crippen LogP contribution in [0.1, 0.15) is 20.8 Å². The molecule has 1 aliphatic rings. The summed E-state index contributed by atoms with van der Waals surface area (Å²) in [7, 11) is 0. The van der Waals surface area contributed by atoms with E-state index in [4.69, 9.17) is 9.47 Å². The van der Waals surface area contributed by atoms with Crippen molar-refractivity contribution >= 4 is 11.8 Å². The molecule has 4 heteroatoms. The number of ether oxygens (including phenoxy) is 2. The SMILES string of the molecule is CCOC1=NC(C)C(OCC)=NC1. The van der Waals surface area contributed by atoms with E-state index in [1.165, 1.54) is 0 Å². The predicted molar refractivity (Wildman–Crippen MR) is 52.5 cm³/mol. The van der Waals surface area contributed by atoms with E-state index in [1.807, 2.05) is 20.8 Å². The highest BCUT2D eigenvalue weighted by molar-refractivity contribution is 5.91. The van der Waals surface area contributed by atoms with E-state index in [-0.39, 0.29) is 6.04 Å². The lowest BCUT2D eigenvalue weighted by molar-refractivity contribution is 0.296. The fourth-order valence-corrected chi connectivity index (χ4v) is 1.15. The Kier molecular flexibility index (Phi) is 3.73. The van der Waals surface area contributed by atoms with Gasteiger partial charge in [-0.05, 0) is 20.8 Å². The Labute approximate surface area is 78.7 Å². The zero-order valence-electron chi connectivity index (χ0n) is 8.41. The molecule has 0 aromatic heterocycles. The second kappa shape index (κ2) is 4.84. The summed E-state index contributed by atoms with van der Waals surface area (Å²) in [6, 6.07) is -0.00440. The molecule has 0 amide bonds. The number of aliphatic imine (C=N–C) groups is 2. The van der Waals surface area contributed by atoms with Crippen molar-refractivity contribution in [3.63, 3.8) is 0 Å². The van der Waals surface area contributed by atoms with Crippen LogP contribution in [-0.4, -0.2) is 37.6 Å². The van der Waals surface area contributed by atoms with Gasteiger partial charge in [0.1, 0.15) is 12.6 Å². The zero-order valence-corrected chi connectivity index (χ0v) is 8.41. The van der Waals surface area contributed by atoms with E-state index in [0.717, 1.165) is 0 Å². The summed E-state index contributed by atoms with van der Waals surface area (Å²) in [5.41, 5.74) is 0. The van der Waals surface area contributed by atoms with E-state index >= 15 is 0 Å². The molecule has 1 rings (SSSR count). The lowest BCUT2D eigenvalue weighted by Crippen LogP contribution is -2.27. The number of hydrogen-bond donors (Lipinski definition) is 0. The Balaban J connectivity index is 2.51. The first-order valence-corrected chi connectivity index (χ1v) is 4.64. The molecule has 0 saturated heterocycles. The lowest BCUT2D eigenvalue weighted by atomic mass is 10.3. The van der Waals surface area contributed by atoms with Crippen LogP contribution in [0.5, 0.6) is 0 Å². The summed E-state index contributed by atoms with van der Waals surface area (Å²) in [5, 5.41) is 0. The maximum atomic E-state index is 5.31. The molecular weight excluding hydrogens is 168 g/mol. The van der Waals surface area contributed by atoms with Gasteiger partial charge in [0.25, 0.3) is 0 Å². The molecule has 0 radical (unpaired) electrons. The molecule has 0 spiro atoms. The molecule has 1 heterocycles. The lowest BCUT2D eigenvalue weighted by Gasteiger charge is -2.17. The molecule has 0 aromatic carbocycles. The quantitative estimate of drug-likeness (QED) is 0.648. The molecule has 74 valence electrons. The first kappa shape index (κ1) is 10.0. The molecule has 0 bridgehead atoms. The van der Waals surface area contributed by atoms with Gasteiger partial charge in [-0.3, -0.25) is 0 Å². The third-order valence-corrected chi connectivity index (χ3v) is 1.67. The number of hydrogen-bond acceptors (Lipinski definition) is 4. The Bertz CT molecular complexity index is 224. The van der Waals surface area contributed by atoms with E-state index < -0.39 is 0 Å². The molecule has 13 heavy (non-hydrogen) atoms. The van der Waals surface area contributed by atoms with Crippen LogP contribution in [0.3, 0.4) is 0 Å². The topological polar surface area (TPSA) is 43.2 Å². The fourth-order valence-electron chi connectivity index (χ4n) is 1.15. The maximum absolute atomic E-state index is 5.31. The smallest absolute Gasteiger partial charge is 0.209 e. The monoisotopic (exact) mass is 184 g/mol. The van der Waals surface area contributed by atoms with E-state index in [2.05, 4.69) is 9.98 Å². The molecule has 1 aliphatic heterocycles. The Morgan fingerprint density at radius 2 is 2.00 bits per heavy atom.